The summed E-state index contributed by atoms with van der Waals surface area (Å²) < 4.78 is 0. The third-order valence-electron chi connectivity index (χ3n) is 2.41. The number of nitrogens with one attached hydrogen (secondary N) is 1. The molecule has 0 fully saturated rings. The van der Waals surface area contributed by atoms with Crippen LogP contribution in [0.5, 0.6) is 0 Å². The third kappa shape index (κ3) is 1.64. The van der Waals surface area contributed by atoms with Gasteiger partial charge in [0.15, 0.2) is 0 Å². The molecular weight excluding hydrogens is 210 g/mol. The molecule has 0 aliphatic carbocycles. The van der Waals surface area contributed by atoms with Gasteiger partial charge in [0.1, 0.15) is 12.1 Å². The van der Waals surface area contributed by atoms with Crippen LogP contribution < -0.4 is 5.73 Å². The number of aliphatic hydroxyl groups is 1. The Morgan fingerprint density at radius 3 is 2.81 bits per heavy atom. The highest BCUT2D eigenvalue weighted by molar-refractivity contribution is 5.83. The molecule has 0 aliphatic rings. The SMILES string of the molecule is NC(C(=O)O)C(O)c1[nH]nc2ccccc12. The quantitative estimate of drug-likeness (QED) is 0.583. The van der Waals surface area contributed by atoms with Crippen molar-refractivity contribution in [2.45, 2.75) is 12.1 Å². The maximum Gasteiger partial charge on any atom is 0.323 e. The molecule has 0 amide bonds. The van der Waals surface area contributed by atoms with Gasteiger partial charge in [-0.15, -0.1) is 0 Å². The Kier molecular flexibility index (Phi) is 2.59. The van der Waals surface area contributed by atoms with Crippen molar-refractivity contribution in [1.29, 1.82) is 0 Å². The van der Waals surface area contributed by atoms with Crippen LogP contribution in [-0.4, -0.2) is 32.4 Å². The second kappa shape index (κ2) is 3.92. The Hall–Kier alpha value is -1.92. The number of H-pyrrole nitrogens is 1. The molecule has 1 aromatic carbocycles. The fraction of sp³-hybridized carbons (Fsp3) is 0.200. The van der Waals surface area contributed by atoms with E-state index in [1.54, 1.807) is 24.3 Å². The summed E-state index contributed by atoms with van der Waals surface area (Å²) in [5.41, 5.74) is 6.33. The lowest BCUT2D eigenvalue weighted by atomic mass is 10.1. The lowest BCUT2D eigenvalue weighted by Crippen LogP contribution is -2.36. The molecule has 0 saturated heterocycles. The average Bonchev–Trinajstić information content (AvgIpc) is 2.70. The van der Waals surface area contributed by atoms with Gasteiger partial charge in [-0.2, -0.15) is 5.10 Å². The fourth-order valence-corrected chi connectivity index (χ4v) is 1.52. The molecule has 6 heteroatoms. The van der Waals surface area contributed by atoms with Crippen LogP contribution in [0.4, 0.5) is 0 Å². The van der Waals surface area contributed by atoms with Crippen LogP contribution in [0.25, 0.3) is 10.9 Å². The number of aliphatic hydroxyl groups excluding tert-OH is 1. The van der Waals surface area contributed by atoms with Crippen LogP contribution in [0.15, 0.2) is 24.3 Å². The number of carboxylic acids is 1. The van der Waals surface area contributed by atoms with Crippen molar-refractivity contribution in [3.05, 3.63) is 30.0 Å². The molecule has 2 unspecified atom stereocenters. The van der Waals surface area contributed by atoms with Gasteiger partial charge in [-0.3, -0.25) is 9.89 Å². The topological polar surface area (TPSA) is 112 Å². The smallest absolute Gasteiger partial charge is 0.323 e. The van der Waals surface area contributed by atoms with Crippen molar-refractivity contribution in [2.24, 2.45) is 5.73 Å². The van der Waals surface area contributed by atoms with E-state index in [1.807, 2.05) is 0 Å². The fourth-order valence-electron chi connectivity index (χ4n) is 1.52. The molecule has 1 aromatic heterocycles. The van der Waals surface area contributed by atoms with Crippen molar-refractivity contribution in [3.63, 3.8) is 0 Å². The first-order valence-electron chi connectivity index (χ1n) is 4.70. The Balaban J connectivity index is 2.44. The number of aromatic nitrogens is 2. The summed E-state index contributed by atoms with van der Waals surface area (Å²) in [6.07, 6.45) is -1.30. The number of fused-ring (bicyclic) bond motifs is 1. The number of hydrogen-bond donors (Lipinski definition) is 4. The third-order valence-corrected chi connectivity index (χ3v) is 2.41. The molecule has 0 aliphatic heterocycles. The zero-order valence-corrected chi connectivity index (χ0v) is 8.29. The predicted molar refractivity (Wildman–Crippen MR) is 56.7 cm³/mol. The summed E-state index contributed by atoms with van der Waals surface area (Å²) in [5.74, 6) is -1.26. The summed E-state index contributed by atoms with van der Waals surface area (Å²) in [5, 5.41) is 25.7. The molecule has 16 heavy (non-hydrogen) atoms. The molecule has 2 atom stereocenters. The Bertz CT molecular complexity index is 523. The first-order chi connectivity index (χ1) is 7.61. The van der Waals surface area contributed by atoms with Gasteiger partial charge in [0, 0.05) is 5.39 Å². The molecule has 2 rings (SSSR count). The van der Waals surface area contributed by atoms with E-state index in [0.29, 0.717) is 16.6 Å². The van der Waals surface area contributed by atoms with Gasteiger partial charge in [-0.05, 0) is 6.07 Å². The number of nitrogens with zero attached hydrogens (tertiary/aromatic N) is 1. The minimum absolute atomic E-state index is 0.325. The van der Waals surface area contributed by atoms with Gasteiger partial charge in [0.2, 0.25) is 0 Å². The first-order valence-corrected chi connectivity index (χ1v) is 4.70. The molecular formula is C10H11N3O3. The van der Waals surface area contributed by atoms with Gasteiger partial charge < -0.3 is 15.9 Å². The molecule has 1 heterocycles. The van der Waals surface area contributed by atoms with E-state index < -0.39 is 18.1 Å². The number of carboxylic acid groups (broad SMARTS) is 1. The lowest BCUT2D eigenvalue weighted by molar-refractivity contribution is -0.141. The van der Waals surface area contributed by atoms with Crippen LogP contribution in [0.2, 0.25) is 0 Å². The standard InChI is InChI=1S/C10H11N3O3/c11-7(10(15)16)9(14)8-5-3-1-2-4-6(5)12-13-8/h1-4,7,9,14H,11H2,(H,12,13)(H,15,16). The zero-order chi connectivity index (χ0) is 11.7. The molecule has 2 aromatic rings. The van der Waals surface area contributed by atoms with E-state index in [4.69, 9.17) is 10.8 Å². The summed E-state index contributed by atoms with van der Waals surface area (Å²) in [4.78, 5) is 10.7. The van der Waals surface area contributed by atoms with Crippen molar-refractivity contribution in [1.82, 2.24) is 10.2 Å². The molecule has 6 nitrogen and oxygen atoms in total. The Morgan fingerprint density at radius 1 is 1.44 bits per heavy atom. The monoisotopic (exact) mass is 221 g/mol. The van der Waals surface area contributed by atoms with Crippen molar-refractivity contribution in [3.8, 4) is 0 Å². The highest BCUT2D eigenvalue weighted by Crippen LogP contribution is 2.22. The molecule has 0 radical (unpaired) electrons. The first kappa shape index (κ1) is 10.6. The van der Waals surface area contributed by atoms with E-state index in [1.165, 1.54) is 0 Å². The number of aromatic amines is 1. The van der Waals surface area contributed by atoms with Crippen LogP contribution >= 0.6 is 0 Å². The maximum atomic E-state index is 10.7. The largest absolute Gasteiger partial charge is 0.480 e. The van der Waals surface area contributed by atoms with Crippen LogP contribution in [-0.2, 0) is 4.79 Å². The molecule has 0 spiro atoms. The Labute approximate surface area is 90.7 Å². The molecule has 0 bridgehead atoms. The highest BCUT2D eigenvalue weighted by atomic mass is 16.4. The molecule has 0 saturated carbocycles. The maximum absolute atomic E-state index is 10.7. The van der Waals surface area contributed by atoms with Crippen molar-refractivity contribution >= 4 is 16.9 Å². The summed E-state index contributed by atoms with van der Waals surface area (Å²) in [6, 6.07) is 5.71. The number of aliphatic carboxylic acids is 1. The summed E-state index contributed by atoms with van der Waals surface area (Å²) in [7, 11) is 0. The van der Waals surface area contributed by atoms with Crippen LogP contribution in [0, 0.1) is 0 Å². The predicted octanol–water partition coefficient (Wildman–Crippen LogP) is 0.00820. The summed E-state index contributed by atoms with van der Waals surface area (Å²) in [6.45, 7) is 0. The van der Waals surface area contributed by atoms with Gasteiger partial charge in [-0.1, -0.05) is 18.2 Å². The number of para-hydroxylation sites is 1. The minimum atomic E-state index is -1.37. The second-order valence-corrected chi connectivity index (χ2v) is 3.46. The Morgan fingerprint density at radius 2 is 2.12 bits per heavy atom. The van der Waals surface area contributed by atoms with E-state index >= 15 is 0 Å². The lowest BCUT2D eigenvalue weighted by Gasteiger charge is -2.13. The molecule has 84 valence electrons. The highest BCUT2D eigenvalue weighted by Gasteiger charge is 2.26. The van der Waals surface area contributed by atoms with Crippen molar-refractivity contribution in [2.75, 3.05) is 0 Å². The summed E-state index contributed by atoms with van der Waals surface area (Å²) >= 11 is 0. The van der Waals surface area contributed by atoms with Gasteiger partial charge in [-0.25, -0.2) is 0 Å². The van der Waals surface area contributed by atoms with Crippen LogP contribution in [0.1, 0.15) is 11.8 Å². The number of nitrogens with two attached hydrogens (primary N) is 1. The number of rotatable bonds is 3. The van der Waals surface area contributed by atoms with Crippen molar-refractivity contribution < 1.29 is 15.0 Å². The number of carbonyl (C=O) groups is 1. The van der Waals surface area contributed by atoms with Gasteiger partial charge in [0.05, 0.1) is 11.2 Å². The average molecular weight is 221 g/mol. The van der Waals surface area contributed by atoms with E-state index in [2.05, 4.69) is 10.2 Å². The van der Waals surface area contributed by atoms with Gasteiger partial charge >= 0.3 is 5.97 Å². The van der Waals surface area contributed by atoms with Crippen LogP contribution in [0.3, 0.4) is 0 Å². The van der Waals surface area contributed by atoms with E-state index in [-0.39, 0.29) is 0 Å². The second-order valence-electron chi connectivity index (χ2n) is 3.46. The number of hydrogen-bond acceptors (Lipinski definition) is 4. The van der Waals surface area contributed by atoms with E-state index in [0.717, 1.165) is 0 Å². The molecule has 5 N–H and O–H groups in total. The zero-order valence-electron chi connectivity index (χ0n) is 8.29. The minimum Gasteiger partial charge on any atom is -0.480 e. The van der Waals surface area contributed by atoms with E-state index in [9.17, 15) is 9.90 Å². The van der Waals surface area contributed by atoms with Gasteiger partial charge in [0.25, 0.3) is 0 Å². The normalized spacial score (nSPS) is 14.9. The number of benzene rings is 1.